The largest absolute Gasteiger partial charge is 0.472 e. The zero-order valence-corrected chi connectivity index (χ0v) is 23.9. The minimum Gasteiger partial charge on any atom is -0.472 e. The van der Waals surface area contributed by atoms with Crippen LogP contribution in [-0.2, 0) is 33.4 Å². The normalized spacial score (nSPS) is 50.4. The first kappa shape index (κ1) is 28.5. The minimum atomic E-state index is -1.40. The van der Waals surface area contributed by atoms with Crippen LogP contribution in [0.5, 0.6) is 0 Å². The van der Waals surface area contributed by atoms with Gasteiger partial charge in [-0.15, -0.1) is 0 Å². The van der Waals surface area contributed by atoms with E-state index in [-0.39, 0.29) is 31.7 Å². The number of rotatable bonds is 3. The van der Waals surface area contributed by atoms with Gasteiger partial charge in [0.25, 0.3) is 0 Å². The van der Waals surface area contributed by atoms with Crippen molar-refractivity contribution in [2.75, 3.05) is 6.61 Å². The number of esters is 2. The SMILES string of the molecule is CC(=O)O[C@H]1C[C@H](O)[C@@]23COC(O)[C@@]1(C)[C@@H]2C[C@H](O)[C@@]1(C)[C@H]2C(=O)C[C@@H](c4ccoc4)[C@]2(C)[C@@H](OC(C)=O)C(=O)[C@@H]13. The number of aliphatic hydroxyl groups is 3. The second kappa shape index (κ2) is 8.95. The van der Waals surface area contributed by atoms with Crippen LogP contribution in [0.3, 0.4) is 0 Å². The highest BCUT2D eigenvalue weighted by Crippen LogP contribution is 2.75. The molecule has 0 radical (unpaired) electrons. The highest BCUT2D eigenvalue weighted by Gasteiger charge is 2.82. The van der Waals surface area contributed by atoms with Gasteiger partial charge in [-0.3, -0.25) is 19.2 Å². The Hall–Kier alpha value is -2.60. The summed E-state index contributed by atoms with van der Waals surface area (Å²) in [5.41, 5.74) is -4.52. The van der Waals surface area contributed by atoms with Gasteiger partial charge in [0.05, 0.1) is 36.8 Å². The van der Waals surface area contributed by atoms with E-state index in [0.29, 0.717) is 5.56 Å². The molecule has 1 aromatic rings. The lowest BCUT2D eigenvalue weighted by atomic mass is 9.33. The van der Waals surface area contributed by atoms with Gasteiger partial charge in [-0.25, -0.2) is 0 Å². The predicted molar refractivity (Wildman–Crippen MR) is 138 cm³/mol. The summed E-state index contributed by atoms with van der Waals surface area (Å²) in [5, 5.41) is 35.1. The van der Waals surface area contributed by atoms with E-state index in [0.717, 1.165) is 0 Å². The maximum atomic E-state index is 14.9. The van der Waals surface area contributed by atoms with Crippen LogP contribution in [-0.4, -0.2) is 76.1 Å². The third-order valence-electron chi connectivity index (χ3n) is 11.9. The molecule has 1 aliphatic heterocycles. The average molecular weight is 575 g/mol. The third-order valence-corrected chi connectivity index (χ3v) is 11.9. The number of ether oxygens (including phenoxy) is 3. The molecule has 2 bridgehead atoms. The van der Waals surface area contributed by atoms with Gasteiger partial charge in [-0.05, 0) is 24.0 Å². The number of Topliss-reactive ketones (excluding diaryl/α,β-unsaturated/α-hetero) is 2. The van der Waals surface area contributed by atoms with Gasteiger partial charge < -0.3 is 33.9 Å². The molecule has 1 unspecified atom stereocenters. The molecular weight excluding hydrogens is 536 g/mol. The van der Waals surface area contributed by atoms with Gasteiger partial charge in [-0.1, -0.05) is 20.8 Å². The molecule has 2 heterocycles. The van der Waals surface area contributed by atoms with E-state index in [2.05, 4.69) is 0 Å². The van der Waals surface area contributed by atoms with Crippen molar-refractivity contribution in [1.29, 1.82) is 0 Å². The monoisotopic (exact) mass is 574 g/mol. The van der Waals surface area contributed by atoms with Crippen molar-refractivity contribution >= 4 is 23.5 Å². The number of carbonyl (C=O) groups is 4. The molecule has 11 heteroatoms. The minimum absolute atomic E-state index is 0.0283. The number of aliphatic hydroxyl groups excluding tert-OH is 3. The van der Waals surface area contributed by atoms with E-state index in [4.69, 9.17) is 18.6 Å². The molecule has 1 saturated heterocycles. The Morgan fingerprint density at radius 1 is 0.927 bits per heavy atom. The van der Waals surface area contributed by atoms with E-state index in [1.165, 1.54) is 26.4 Å². The summed E-state index contributed by atoms with van der Waals surface area (Å²) in [6, 6.07) is 1.73. The van der Waals surface area contributed by atoms with Crippen molar-refractivity contribution in [3.8, 4) is 0 Å². The number of furan rings is 1. The Morgan fingerprint density at radius 2 is 1.61 bits per heavy atom. The van der Waals surface area contributed by atoms with Gasteiger partial charge in [0, 0.05) is 60.7 Å². The molecule has 11 nitrogen and oxygen atoms in total. The van der Waals surface area contributed by atoms with Gasteiger partial charge in [-0.2, -0.15) is 0 Å². The fourth-order valence-electron chi connectivity index (χ4n) is 10.3. The Bertz CT molecular complexity index is 1290. The number of fused-ring (bicyclic) bond motifs is 3. The quantitative estimate of drug-likeness (QED) is 0.447. The van der Waals surface area contributed by atoms with Crippen molar-refractivity contribution in [1.82, 2.24) is 0 Å². The standard InChI is InChI=1S/C30H38O11/c1-13(31)40-21-10-20(35)30-12-39-26(37)28(21,4)18(30)9-19(34)29(5)23-17(33)8-16(15-6-7-38-11-15)27(23,3)25(41-14(2)32)22(36)24(29)30/h6-7,11,16,18-21,23-26,34-35,37H,8-10,12H2,1-5H3/t16-,18-,19-,20-,21-,23-,24-,25-,26?,27-,28-,29-,30+/m0/s1. The zero-order chi connectivity index (χ0) is 29.9. The fraction of sp³-hybridized carbons (Fsp3) is 0.733. The lowest BCUT2D eigenvalue weighted by Crippen LogP contribution is -2.80. The first-order valence-electron chi connectivity index (χ1n) is 14.2. The summed E-state index contributed by atoms with van der Waals surface area (Å²) in [6.45, 7) is 7.39. The summed E-state index contributed by atoms with van der Waals surface area (Å²) in [6.07, 6.45) is -3.16. The maximum absolute atomic E-state index is 14.9. The molecule has 0 aromatic carbocycles. The van der Waals surface area contributed by atoms with E-state index < -0.39 is 93.8 Å². The summed E-state index contributed by atoms with van der Waals surface area (Å²) in [4.78, 5) is 53.5. The van der Waals surface area contributed by atoms with Gasteiger partial charge in [0.1, 0.15) is 11.9 Å². The number of carbonyl (C=O) groups excluding carboxylic acids is 4. The first-order valence-corrected chi connectivity index (χ1v) is 14.2. The fourth-order valence-corrected chi connectivity index (χ4v) is 10.3. The van der Waals surface area contributed by atoms with Crippen LogP contribution in [0.2, 0.25) is 0 Å². The number of ketones is 2. The molecule has 5 fully saturated rings. The van der Waals surface area contributed by atoms with Crippen LogP contribution < -0.4 is 0 Å². The van der Waals surface area contributed by atoms with E-state index in [1.807, 2.05) is 0 Å². The van der Waals surface area contributed by atoms with Gasteiger partial charge in [0.2, 0.25) is 0 Å². The first-order chi connectivity index (χ1) is 19.2. The van der Waals surface area contributed by atoms with Crippen LogP contribution in [0.15, 0.2) is 23.0 Å². The lowest BCUT2D eigenvalue weighted by Gasteiger charge is -2.72. The molecule has 4 saturated carbocycles. The van der Waals surface area contributed by atoms with Crippen LogP contribution in [0, 0.1) is 39.4 Å². The Kier molecular flexibility index (Phi) is 6.23. The van der Waals surface area contributed by atoms with E-state index >= 15 is 0 Å². The molecule has 1 aromatic heterocycles. The second-order valence-electron chi connectivity index (χ2n) is 13.6. The topological polar surface area (TPSA) is 170 Å². The molecule has 6 rings (SSSR count). The van der Waals surface area contributed by atoms with Crippen LogP contribution in [0.4, 0.5) is 0 Å². The average Bonchev–Trinajstić information content (AvgIpc) is 3.50. The van der Waals surface area contributed by atoms with Crippen molar-refractivity contribution in [3.05, 3.63) is 24.2 Å². The predicted octanol–water partition coefficient (Wildman–Crippen LogP) is 1.51. The molecule has 224 valence electrons. The lowest BCUT2D eigenvalue weighted by molar-refractivity contribution is -0.371. The summed E-state index contributed by atoms with van der Waals surface area (Å²) < 4.78 is 22.6. The van der Waals surface area contributed by atoms with Gasteiger partial charge in [0.15, 0.2) is 18.2 Å². The van der Waals surface area contributed by atoms with Crippen LogP contribution in [0.1, 0.15) is 65.4 Å². The van der Waals surface area contributed by atoms with Crippen molar-refractivity contribution in [2.24, 2.45) is 39.4 Å². The van der Waals surface area contributed by atoms with E-state index in [1.54, 1.807) is 26.8 Å². The maximum Gasteiger partial charge on any atom is 0.303 e. The molecule has 0 spiro atoms. The van der Waals surface area contributed by atoms with Crippen molar-refractivity contribution in [2.45, 2.75) is 90.5 Å². The third kappa shape index (κ3) is 3.34. The molecule has 3 N–H and O–H groups in total. The van der Waals surface area contributed by atoms with Gasteiger partial charge >= 0.3 is 11.9 Å². The number of hydrogen-bond donors (Lipinski definition) is 3. The molecule has 41 heavy (non-hydrogen) atoms. The van der Waals surface area contributed by atoms with Crippen LogP contribution >= 0.6 is 0 Å². The molecular formula is C30H38O11. The molecule has 4 aliphatic carbocycles. The highest BCUT2D eigenvalue weighted by molar-refractivity contribution is 5.97. The number of hydrogen-bond acceptors (Lipinski definition) is 11. The highest BCUT2D eigenvalue weighted by atomic mass is 16.6. The summed E-state index contributed by atoms with van der Waals surface area (Å²) >= 11 is 0. The zero-order valence-electron chi connectivity index (χ0n) is 23.9. The second-order valence-corrected chi connectivity index (χ2v) is 13.6. The smallest absolute Gasteiger partial charge is 0.303 e. The molecule has 13 atom stereocenters. The summed E-state index contributed by atoms with van der Waals surface area (Å²) in [7, 11) is 0. The van der Waals surface area contributed by atoms with E-state index in [9.17, 15) is 34.5 Å². The van der Waals surface area contributed by atoms with Crippen molar-refractivity contribution in [3.63, 3.8) is 0 Å². The van der Waals surface area contributed by atoms with Crippen molar-refractivity contribution < 1.29 is 53.1 Å². The Morgan fingerprint density at radius 3 is 2.22 bits per heavy atom. The Labute approximate surface area is 237 Å². The van der Waals surface area contributed by atoms with Crippen LogP contribution in [0.25, 0.3) is 0 Å². The Balaban J connectivity index is 1.57. The molecule has 5 aliphatic rings. The molecule has 0 amide bonds. The summed E-state index contributed by atoms with van der Waals surface area (Å²) in [5.74, 6) is -5.30.